The van der Waals surface area contributed by atoms with Gasteiger partial charge in [0.05, 0.1) is 32.6 Å². The lowest BCUT2D eigenvalue weighted by atomic mass is 10.1. The van der Waals surface area contributed by atoms with Gasteiger partial charge < -0.3 is 24.5 Å². The van der Waals surface area contributed by atoms with Crippen LogP contribution in [0.3, 0.4) is 0 Å². The lowest BCUT2D eigenvalue weighted by Gasteiger charge is -2.13. The molecule has 1 aliphatic heterocycles. The number of hydrogen-bond donors (Lipinski definition) is 2. The molecule has 0 radical (unpaired) electrons. The second kappa shape index (κ2) is 12.4. The number of hydrogen-bond acceptors (Lipinski definition) is 8. The molecular weight excluding hydrogens is 610 g/mol. The summed E-state index contributed by atoms with van der Waals surface area (Å²) in [4.78, 5) is 41.8. The normalized spacial score (nSPS) is 13.0. The van der Waals surface area contributed by atoms with Crippen molar-refractivity contribution < 1.29 is 28.3 Å². The van der Waals surface area contributed by atoms with Crippen LogP contribution in [0.25, 0.3) is 0 Å². The van der Waals surface area contributed by atoms with Crippen LogP contribution in [0.1, 0.15) is 16.1 Å². The zero-order chi connectivity index (χ0) is 28.9. The van der Waals surface area contributed by atoms with Crippen LogP contribution in [-0.4, -0.2) is 36.8 Å². The summed E-state index contributed by atoms with van der Waals surface area (Å²) in [6.07, 6.45) is 1.50. The minimum absolute atomic E-state index is 0.0139. The third kappa shape index (κ3) is 6.31. The number of nitrogens with one attached hydrogen (secondary N) is 2. The van der Waals surface area contributed by atoms with Crippen LogP contribution < -0.4 is 20.1 Å². The molecule has 208 valence electrons. The maximum absolute atomic E-state index is 13.4. The highest BCUT2D eigenvalue weighted by Gasteiger charge is 2.39. The number of thioether (sulfide) groups is 1. The van der Waals surface area contributed by atoms with Crippen LogP contribution in [0.2, 0.25) is 0 Å². The monoisotopic (exact) mass is 633 g/mol. The summed E-state index contributed by atoms with van der Waals surface area (Å²) in [5.41, 5.74) is 1.74. The molecule has 4 aromatic rings. The minimum atomic E-state index is -0.450. The van der Waals surface area contributed by atoms with Gasteiger partial charge in [-0.25, -0.2) is 0 Å². The predicted molar refractivity (Wildman–Crippen MR) is 159 cm³/mol. The summed E-state index contributed by atoms with van der Waals surface area (Å²) < 4.78 is 16.8. The van der Waals surface area contributed by atoms with Crippen LogP contribution in [0.4, 0.5) is 11.4 Å². The van der Waals surface area contributed by atoms with Gasteiger partial charge in [-0.3, -0.25) is 19.3 Å². The molecule has 0 saturated heterocycles. The summed E-state index contributed by atoms with van der Waals surface area (Å²) >= 11 is 4.57. The number of rotatable bonds is 10. The number of benzene rings is 3. The SMILES string of the molecule is COc1ccc(C(=O)Nc2ccc(SC3=C(Nc4ccc(Br)cc4)C(=O)N(Cc4ccco4)C3=O)cc2)c(OC)c1. The molecule has 0 unspecified atom stereocenters. The van der Waals surface area contributed by atoms with E-state index in [4.69, 9.17) is 13.9 Å². The molecule has 11 heteroatoms. The molecule has 2 N–H and O–H groups in total. The average molecular weight is 635 g/mol. The van der Waals surface area contributed by atoms with E-state index in [2.05, 4.69) is 26.6 Å². The lowest BCUT2D eigenvalue weighted by Crippen LogP contribution is -2.31. The van der Waals surface area contributed by atoms with Gasteiger partial charge in [-0.15, -0.1) is 0 Å². The molecule has 0 bridgehead atoms. The van der Waals surface area contributed by atoms with Gasteiger partial charge >= 0.3 is 0 Å². The van der Waals surface area contributed by atoms with Crippen molar-refractivity contribution in [2.24, 2.45) is 0 Å². The molecular formula is C30H24BrN3O6S. The van der Waals surface area contributed by atoms with Crippen LogP contribution in [0.5, 0.6) is 11.5 Å². The fourth-order valence-electron chi connectivity index (χ4n) is 4.05. The Bertz CT molecular complexity index is 1620. The third-order valence-corrected chi connectivity index (χ3v) is 7.74. The van der Waals surface area contributed by atoms with Crippen molar-refractivity contribution in [2.45, 2.75) is 11.4 Å². The smallest absolute Gasteiger partial charge is 0.278 e. The lowest BCUT2D eigenvalue weighted by molar-refractivity contribution is -0.138. The van der Waals surface area contributed by atoms with Crippen LogP contribution in [-0.2, 0) is 16.1 Å². The fourth-order valence-corrected chi connectivity index (χ4v) is 5.26. The minimum Gasteiger partial charge on any atom is -0.497 e. The molecule has 1 aliphatic rings. The van der Waals surface area contributed by atoms with Crippen LogP contribution in [0.15, 0.2) is 110 Å². The number of carbonyl (C=O) groups excluding carboxylic acids is 3. The van der Waals surface area contributed by atoms with Crippen LogP contribution >= 0.6 is 27.7 Å². The molecule has 2 heterocycles. The van der Waals surface area contributed by atoms with Gasteiger partial charge in [0.15, 0.2) is 0 Å². The number of nitrogens with zero attached hydrogens (tertiary/aromatic N) is 1. The van der Waals surface area contributed by atoms with Crippen molar-refractivity contribution in [3.05, 3.63) is 112 Å². The molecule has 0 fully saturated rings. The number of furan rings is 1. The Labute approximate surface area is 248 Å². The molecule has 0 spiro atoms. The Balaban J connectivity index is 1.36. The van der Waals surface area contributed by atoms with E-state index in [0.717, 1.165) is 21.1 Å². The van der Waals surface area contributed by atoms with E-state index in [9.17, 15) is 14.4 Å². The summed E-state index contributed by atoms with van der Waals surface area (Å²) in [6, 6.07) is 22.6. The van der Waals surface area contributed by atoms with Gasteiger partial charge in [0.25, 0.3) is 17.7 Å². The number of imide groups is 1. The van der Waals surface area contributed by atoms with Crippen molar-refractivity contribution in [3.63, 3.8) is 0 Å². The number of carbonyl (C=O) groups is 3. The summed E-state index contributed by atoms with van der Waals surface area (Å²) in [5.74, 6) is 0.225. The summed E-state index contributed by atoms with van der Waals surface area (Å²) in [7, 11) is 3.02. The van der Waals surface area contributed by atoms with Crippen molar-refractivity contribution in [3.8, 4) is 11.5 Å². The van der Waals surface area contributed by atoms with E-state index in [1.54, 1.807) is 54.6 Å². The number of halogens is 1. The molecule has 3 amide bonds. The van der Waals surface area contributed by atoms with Gasteiger partial charge in [-0.05, 0) is 72.8 Å². The van der Waals surface area contributed by atoms with Gasteiger partial charge in [-0.2, -0.15) is 0 Å². The second-order valence-electron chi connectivity index (χ2n) is 8.76. The van der Waals surface area contributed by atoms with E-state index >= 15 is 0 Å². The van der Waals surface area contributed by atoms with Gasteiger partial charge in [-0.1, -0.05) is 27.7 Å². The number of methoxy groups -OCH3 is 2. The van der Waals surface area contributed by atoms with Crippen molar-refractivity contribution in [2.75, 3.05) is 24.9 Å². The zero-order valence-electron chi connectivity index (χ0n) is 22.0. The molecule has 0 saturated carbocycles. The number of anilines is 2. The number of ether oxygens (including phenoxy) is 2. The molecule has 0 aliphatic carbocycles. The highest BCUT2D eigenvalue weighted by Crippen LogP contribution is 2.37. The zero-order valence-corrected chi connectivity index (χ0v) is 24.4. The van der Waals surface area contributed by atoms with Gasteiger partial charge in [0, 0.05) is 26.8 Å². The average Bonchev–Trinajstić information content (AvgIpc) is 3.58. The first-order valence-electron chi connectivity index (χ1n) is 12.3. The molecule has 0 atom stereocenters. The quantitative estimate of drug-likeness (QED) is 0.196. The van der Waals surface area contributed by atoms with Crippen LogP contribution in [0, 0.1) is 0 Å². The maximum atomic E-state index is 13.4. The van der Waals surface area contributed by atoms with Crippen molar-refractivity contribution >= 4 is 56.8 Å². The Hall–Kier alpha value is -4.48. The Morgan fingerprint density at radius 1 is 0.927 bits per heavy atom. The molecule has 9 nitrogen and oxygen atoms in total. The largest absolute Gasteiger partial charge is 0.497 e. The highest BCUT2D eigenvalue weighted by molar-refractivity contribution is 9.10. The fraction of sp³-hybridized carbons (Fsp3) is 0.100. The van der Waals surface area contributed by atoms with E-state index in [1.807, 2.05) is 24.3 Å². The van der Waals surface area contributed by atoms with E-state index in [-0.39, 0.29) is 23.1 Å². The first kappa shape index (κ1) is 28.1. The third-order valence-electron chi connectivity index (χ3n) is 6.12. The molecule has 41 heavy (non-hydrogen) atoms. The standard InChI is InChI=1S/C30H24BrN3O6S/c1-38-21-11-14-24(25(16-21)39-2)28(35)33-20-9-12-23(13-10-20)41-27-26(32-19-7-5-18(31)6-8-19)29(36)34(30(27)37)17-22-4-3-15-40-22/h3-16,32H,17H2,1-2H3,(H,33,35). The van der Waals surface area contributed by atoms with Gasteiger partial charge in [0.1, 0.15) is 27.9 Å². The number of amides is 3. The Morgan fingerprint density at radius 3 is 2.32 bits per heavy atom. The van der Waals surface area contributed by atoms with Gasteiger partial charge in [0.2, 0.25) is 0 Å². The van der Waals surface area contributed by atoms with E-state index < -0.39 is 11.8 Å². The van der Waals surface area contributed by atoms with Crippen molar-refractivity contribution in [1.82, 2.24) is 4.90 Å². The second-order valence-corrected chi connectivity index (χ2v) is 10.8. The Morgan fingerprint density at radius 2 is 1.66 bits per heavy atom. The Kier molecular flexibility index (Phi) is 8.46. The molecule has 5 rings (SSSR count). The van der Waals surface area contributed by atoms with E-state index in [1.165, 1.54) is 20.5 Å². The first-order chi connectivity index (χ1) is 19.9. The summed E-state index contributed by atoms with van der Waals surface area (Å²) in [5, 5.41) is 5.97. The first-order valence-corrected chi connectivity index (χ1v) is 13.9. The summed E-state index contributed by atoms with van der Waals surface area (Å²) in [6.45, 7) is 0.0139. The highest BCUT2D eigenvalue weighted by atomic mass is 79.9. The topological polar surface area (TPSA) is 110 Å². The van der Waals surface area contributed by atoms with E-state index in [0.29, 0.717) is 39.1 Å². The molecule has 1 aromatic heterocycles. The predicted octanol–water partition coefficient (Wildman–Crippen LogP) is 6.30. The maximum Gasteiger partial charge on any atom is 0.278 e. The molecule has 3 aromatic carbocycles. The van der Waals surface area contributed by atoms with Crippen molar-refractivity contribution in [1.29, 1.82) is 0 Å².